The first-order valence-electron chi connectivity index (χ1n) is 4.92. The van der Waals surface area contributed by atoms with Crippen LogP contribution in [0.1, 0.15) is 5.56 Å². The number of rotatable bonds is 3. The number of nitrogens with zero attached hydrogens (tertiary/aromatic N) is 2. The molecule has 0 bridgehead atoms. The van der Waals surface area contributed by atoms with Crippen LogP contribution in [0.25, 0.3) is 0 Å². The van der Waals surface area contributed by atoms with Crippen molar-refractivity contribution in [3.8, 4) is 0 Å². The molecule has 0 unspecified atom stereocenters. The summed E-state index contributed by atoms with van der Waals surface area (Å²) in [6.07, 6.45) is 1.48. The number of hydrogen-bond acceptors (Lipinski definition) is 5. The summed E-state index contributed by atoms with van der Waals surface area (Å²) in [5.41, 5.74) is 3.74. The summed E-state index contributed by atoms with van der Waals surface area (Å²) in [7, 11) is 0. The highest BCUT2D eigenvalue weighted by molar-refractivity contribution is 9.10. The van der Waals surface area contributed by atoms with Gasteiger partial charge in [0.2, 0.25) is 0 Å². The second kappa shape index (κ2) is 5.48. The number of hydrazine groups is 1. The van der Waals surface area contributed by atoms with Gasteiger partial charge in [0.05, 0.1) is 4.47 Å². The molecule has 0 aliphatic heterocycles. The molecule has 0 aliphatic rings. The Bertz CT molecular complexity index is 533. The minimum Gasteiger partial charge on any atom is -0.307 e. The lowest BCUT2D eigenvalue weighted by Gasteiger charge is -2.07. The molecule has 2 aromatic rings. The van der Waals surface area contributed by atoms with Gasteiger partial charge in [0.15, 0.2) is 5.82 Å². The molecule has 1 heterocycles. The van der Waals surface area contributed by atoms with Crippen molar-refractivity contribution in [2.45, 2.75) is 16.8 Å². The van der Waals surface area contributed by atoms with Gasteiger partial charge < -0.3 is 5.43 Å². The smallest absolute Gasteiger partial charge is 0.158 e. The standard InChI is InChI=1S/C11H11BrN4S/c1-7-3-2-4-8(5-7)17-11-9(12)10(16-13)14-6-15-11/h2-6H,13H2,1H3,(H,14,15,16). The number of nitrogens with two attached hydrogens (primary N) is 1. The minimum absolute atomic E-state index is 0.579. The average Bonchev–Trinajstić information content (AvgIpc) is 2.32. The van der Waals surface area contributed by atoms with Crippen LogP contribution in [0.15, 0.2) is 45.0 Å². The van der Waals surface area contributed by atoms with Gasteiger partial charge in [0.1, 0.15) is 11.4 Å². The van der Waals surface area contributed by atoms with Gasteiger partial charge in [-0.3, -0.25) is 0 Å². The molecule has 0 atom stereocenters. The minimum atomic E-state index is 0.579. The lowest BCUT2D eigenvalue weighted by molar-refractivity contribution is 1.02. The van der Waals surface area contributed by atoms with Crippen LogP contribution in [-0.2, 0) is 0 Å². The number of anilines is 1. The Morgan fingerprint density at radius 2 is 2.18 bits per heavy atom. The molecule has 1 aromatic carbocycles. The summed E-state index contributed by atoms with van der Waals surface area (Å²) in [5.74, 6) is 5.94. The molecule has 0 amide bonds. The highest BCUT2D eigenvalue weighted by Crippen LogP contribution is 2.34. The van der Waals surface area contributed by atoms with E-state index in [1.165, 1.54) is 11.9 Å². The Balaban J connectivity index is 2.30. The Labute approximate surface area is 112 Å². The van der Waals surface area contributed by atoms with Gasteiger partial charge in [0.25, 0.3) is 0 Å². The van der Waals surface area contributed by atoms with Crippen LogP contribution in [0.3, 0.4) is 0 Å². The van der Waals surface area contributed by atoms with Crippen LogP contribution >= 0.6 is 27.7 Å². The number of hydrogen-bond donors (Lipinski definition) is 2. The fourth-order valence-corrected chi connectivity index (χ4v) is 2.78. The first-order valence-corrected chi connectivity index (χ1v) is 6.53. The molecular formula is C11H11BrN4S. The van der Waals surface area contributed by atoms with Crippen LogP contribution in [0, 0.1) is 6.92 Å². The molecule has 6 heteroatoms. The molecule has 0 saturated heterocycles. The third-order valence-corrected chi connectivity index (χ3v) is 4.10. The molecule has 0 saturated carbocycles. The van der Waals surface area contributed by atoms with Crippen molar-refractivity contribution in [3.63, 3.8) is 0 Å². The fourth-order valence-electron chi connectivity index (χ4n) is 1.32. The molecule has 4 nitrogen and oxygen atoms in total. The maximum atomic E-state index is 5.36. The quantitative estimate of drug-likeness (QED) is 0.518. The van der Waals surface area contributed by atoms with E-state index in [1.54, 1.807) is 11.8 Å². The van der Waals surface area contributed by atoms with Crippen molar-refractivity contribution in [2.24, 2.45) is 5.84 Å². The maximum Gasteiger partial charge on any atom is 0.158 e. The molecule has 88 valence electrons. The van der Waals surface area contributed by atoms with Gasteiger partial charge in [0, 0.05) is 4.90 Å². The summed E-state index contributed by atoms with van der Waals surface area (Å²) < 4.78 is 0.772. The summed E-state index contributed by atoms with van der Waals surface area (Å²) in [6, 6.07) is 8.23. The zero-order valence-corrected chi connectivity index (χ0v) is 11.5. The zero-order chi connectivity index (χ0) is 12.3. The Morgan fingerprint density at radius 1 is 1.35 bits per heavy atom. The molecule has 0 spiro atoms. The second-order valence-electron chi connectivity index (χ2n) is 3.40. The van der Waals surface area contributed by atoms with E-state index in [4.69, 9.17) is 5.84 Å². The van der Waals surface area contributed by atoms with Crippen LogP contribution < -0.4 is 11.3 Å². The zero-order valence-electron chi connectivity index (χ0n) is 9.14. The number of nitrogen functional groups attached to an aromatic ring is 1. The van der Waals surface area contributed by atoms with E-state index in [1.807, 2.05) is 12.1 Å². The largest absolute Gasteiger partial charge is 0.307 e. The van der Waals surface area contributed by atoms with Gasteiger partial charge in [-0.1, -0.05) is 29.5 Å². The summed E-state index contributed by atoms with van der Waals surface area (Å²) in [5, 5.41) is 0.832. The van der Waals surface area contributed by atoms with Crippen LogP contribution in [0.4, 0.5) is 5.82 Å². The fraction of sp³-hybridized carbons (Fsp3) is 0.0909. The van der Waals surface area contributed by atoms with Crippen molar-refractivity contribution in [3.05, 3.63) is 40.6 Å². The van der Waals surface area contributed by atoms with E-state index in [2.05, 4.69) is 50.4 Å². The highest BCUT2D eigenvalue weighted by Gasteiger charge is 2.09. The van der Waals surface area contributed by atoms with E-state index in [9.17, 15) is 0 Å². The van der Waals surface area contributed by atoms with Gasteiger partial charge in [-0.25, -0.2) is 15.8 Å². The van der Waals surface area contributed by atoms with E-state index in [0.717, 1.165) is 14.4 Å². The number of nitrogens with one attached hydrogen (secondary N) is 1. The number of benzene rings is 1. The second-order valence-corrected chi connectivity index (χ2v) is 5.26. The first-order chi connectivity index (χ1) is 8.20. The van der Waals surface area contributed by atoms with E-state index >= 15 is 0 Å². The number of halogens is 1. The van der Waals surface area contributed by atoms with Crippen LogP contribution in [-0.4, -0.2) is 9.97 Å². The maximum absolute atomic E-state index is 5.36. The van der Waals surface area contributed by atoms with Crippen LogP contribution in [0.2, 0.25) is 0 Å². The number of aromatic nitrogens is 2. The van der Waals surface area contributed by atoms with E-state index < -0.39 is 0 Å². The normalized spacial score (nSPS) is 10.3. The Kier molecular flexibility index (Phi) is 3.98. The predicted molar refractivity (Wildman–Crippen MR) is 72.8 cm³/mol. The third kappa shape index (κ3) is 2.96. The lowest BCUT2D eigenvalue weighted by Crippen LogP contribution is -2.09. The van der Waals surface area contributed by atoms with E-state index in [-0.39, 0.29) is 0 Å². The highest BCUT2D eigenvalue weighted by atomic mass is 79.9. The summed E-state index contributed by atoms with van der Waals surface area (Å²) >= 11 is 4.99. The molecule has 0 fully saturated rings. The van der Waals surface area contributed by atoms with Gasteiger partial charge >= 0.3 is 0 Å². The van der Waals surface area contributed by atoms with Crippen LogP contribution in [0.5, 0.6) is 0 Å². The molecule has 0 aliphatic carbocycles. The lowest BCUT2D eigenvalue weighted by atomic mass is 10.2. The molecule has 17 heavy (non-hydrogen) atoms. The van der Waals surface area contributed by atoms with Crippen molar-refractivity contribution >= 4 is 33.5 Å². The molecule has 1 aromatic heterocycles. The van der Waals surface area contributed by atoms with Crippen molar-refractivity contribution in [2.75, 3.05) is 5.43 Å². The van der Waals surface area contributed by atoms with Crippen molar-refractivity contribution < 1.29 is 0 Å². The predicted octanol–water partition coefficient (Wildman–Crippen LogP) is 2.98. The van der Waals surface area contributed by atoms with E-state index in [0.29, 0.717) is 5.82 Å². The monoisotopic (exact) mass is 310 g/mol. The molecule has 2 rings (SSSR count). The summed E-state index contributed by atoms with van der Waals surface area (Å²) in [4.78, 5) is 9.36. The van der Waals surface area contributed by atoms with Crippen molar-refractivity contribution in [1.29, 1.82) is 0 Å². The first kappa shape index (κ1) is 12.3. The van der Waals surface area contributed by atoms with Gasteiger partial charge in [-0.15, -0.1) is 0 Å². The van der Waals surface area contributed by atoms with Gasteiger partial charge in [-0.05, 0) is 35.0 Å². The van der Waals surface area contributed by atoms with Gasteiger partial charge in [-0.2, -0.15) is 0 Å². The SMILES string of the molecule is Cc1cccc(Sc2ncnc(NN)c2Br)c1. The third-order valence-electron chi connectivity index (χ3n) is 2.10. The Hall–Kier alpha value is -1.11. The number of aryl methyl sites for hydroxylation is 1. The van der Waals surface area contributed by atoms with Crippen molar-refractivity contribution in [1.82, 2.24) is 9.97 Å². The summed E-state index contributed by atoms with van der Waals surface area (Å²) in [6.45, 7) is 2.06. The molecular weight excluding hydrogens is 300 g/mol. The average molecular weight is 311 g/mol. The molecule has 0 radical (unpaired) electrons. The Morgan fingerprint density at radius 3 is 2.88 bits per heavy atom. The topological polar surface area (TPSA) is 63.8 Å². The molecule has 3 N–H and O–H groups in total.